The SMILES string of the molecule is CN(C)CCCCNC(=O)c1cncc(Cl)n1. The molecule has 1 aromatic heterocycles. The highest BCUT2D eigenvalue weighted by Gasteiger charge is 2.07. The number of hydrogen-bond acceptors (Lipinski definition) is 4. The Kier molecular flexibility index (Phi) is 5.86. The van der Waals surface area contributed by atoms with Crippen LogP contribution in [0, 0.1) is 0 Å². The predicted octanol–water partition coefficient (Wildman–Crippen LogP) is 1.20. The van der Waals surface area contributed by atoms with Crippen LogP contribution in [0.1, 0.15) is 23.3 Å². The quantitative estimate of drug-likeness (QED) is 0.777. The van der Waals surface area contributed by atoms with E-state index in [1.807, 2.05) is 14.1 Å². The molecule has 1 rings (SSSR count). The molecule has 0 fully saturated rings. The third kappa shape index (κ3) is 5.60. The summed E-state index contributed by atoms with van der Waals surface area (Å²) in [5.74, 6) is -0.232. The van der Waals surface area contributed by atoms with Gasteiger partial charge in [-0.3, -0.25) is 9.78 Å². The van der Waals surface area contributed by atoms with Crippen LogP contribution in [0.5, 0.6) is 0 Å². The Hall–Kier alpha value is -1.20. The Balaban J connectivity index is 2.26. The largest absolute Gasteiger partial charge is 0.351 e. The Morgan fingerprint density at radius 2 is 2.18 bits per heavy atom. The smallest absolute Gasteiger partial charge is 0.271 e. The monoisotopic (exact) mass is 256 g/mol. The molecule has 94 valence electrons. The molecule has 1 heterocycles. The van der Waals surface area contributed by atoms with Crippen molar-refractivity contribution in [2.24, 2.45) is 0 Å². The lowest BCUT2D eigenvalue weighted by atomic mass is 10.3. The highest BCUT2D eigenvalue weighted by Crippen LogP contribution is 2.02. The van der Waals surface area contributed by atoms with E-state index < -0.39 is 0 Å². The summed E-state index contributed by atoms with van der Waals surface area (Å²) >= 11 is 5.65. The summed E-state index contributed by atoms with van der Waals surface area (Å²) in [6, 6.07) is 0. The van der Waals surface area contributed by atoms with Crippen molar-refractivity contribution in [1.29, 1.82) is 0 Å². The molecule has 0 spiro atoms. The molecular formula is C11H17ClN4O. The molecule has 6 heteroatoms. The van der Waals surface area contributed by atoms with Crippen LogP contribution in [-0.4, -0.2) is 48.0 Å². The average Bonchev–Trinajstić information content (AvgIpc) is 2.28. The zero-order valence-electron chi connectivity index (χ0n) is 10.1. The number of halogens is 1. The topological polar surface area (TPSA) is 58.1 Å². The number of hydrogen-bond donors (Lipinski definition) is 1. The summed E-state index contributed by atoms with van der Waals surface area (Å²) < 4.78 is 0. The number of rotatable bonds is 6. The van der Waals surface area contributed by atoms with Gasteiger partial charge in [0, 0.05) is 6.54 Å². The lowest BCUT2D eigenvalue weighted by molar-refractivity contribution is 0.0947. The zero-order valence-corrected chi connectivity index (χ0v) is 10.9. The van der Waals surface area contributed by atoms with Crippen molar-refractivity contribution in [3.05, 3.63) is 23.2 Å². The van der Waals surface area contributed by atoms with Crippen LogP contribution >= 0.6 is 11.6 Å². The zero-order chi connectivity index (χ0) is 12.7. The highest BCUT2D eigenvalue weighted by atomic mass is 35.5. The average molecular weight is 257 g/mol. The minimum atomic E-state index is -0.232. The Morgan fingerprint density at radius 1 is 1.41 bits per heavy atom. The lowest BCUT2D eigenvalue weighted by Crippen LogP contribution is -2.26. The van der Waals surface area contributed by atoms with E-state index >= 15 is 0 Å². The van der Waals surface area contributed by atoms with Crippen LogP contribution in [0.25, 0.3) is 0 Å². The van der Waals surface area contributed by atoms with E-state index in [4.69, 9.17) is 11.6 Å². The van der Waals surface area contributed by atoms with E-state index in [9.17, 15) is 4.79 Å². The fourth-order valence-corrected chi connectivity index (χ4v) is 1.44. The van der Waals surface area contributed by atoms with E-state index in [1.165, 1.54) is 12.4 Å². The van der Waals surface area contributed by atoms with Gasteiger partial charge in [-0.15, -0.1) is 0 Å². The molecule has 1 aromatic rings. The molecule has 0 atom stereocenters. The van der Waals surface area contributed by atoms with Gasteiger partial charge in [0.25, 0.3) is 5.91 Å². The van der Waals surface area contributed by atoms with Gasteiger partial charge in [-0.1, -0.05) is 11.6 Å². The maximum atomic E-state index is 11.6. The fourth-order valence-electron chi connectivity index (χ4n) is 1.30. The Morgan fingerprint density at radius 3 is 2.82 bits per heavy atom. The molecule has 0 bridgehead atoms. The first-order valence-electron chi connectivity index (χ1n) is 5.50. The van der Waals surface area contributed by atoms with Gasteiger partial charge >= 0.3 is 0 Å². The van der Waals surface area contributed by atoms with Crippen molar-refractivity contribution >= 4 is 17.5 Å². The third-order valence-electron chi connectivity index (χ3n) is 2.16. The Labute approximate surface area is 106 Å². The summed E-state index contributed by atoms with van der Waals surface area (Å²) in [6.07, 6.45) is 4.79. The van der Waals surface area contributed by atoms with Crippen molar-refractivity contribution in [3.8, 4) is 0 Å². The van der Waals surface area contributed by atoms with Crippen molar-refractivity contribution in [2.45, 2.75) is 12.8 Å². The number of amides is 1. The lowest BCUT2D eigenvalue weighted by Gasteiger charge is -2.09. The van der Waals surface area contributed by atoms with E-state index in [0.717, 1.165) is 19.4 Å². The molecule has 1 N–H and O–H groups in total. The predicted molar refractivity (Wildman–Crippen MR) is 67.2 cm³/mol. The number of unbranched alkanes of at least 4 members (excludes halogenated alkanes) is 1. The molecule has 0 aromatic carbocycles. The second-order valence-corrected chi connectivity index (χ2v) is 4.38. The van der Waals surface area contributed by atoms with Gasteiger partial charge in [0.2, 0.25) is 0 Å². The minimum Gasteiger partial charge on any atom is -0.351 e. The van der Waals surface area contributed by atoms with Crippen LogP contribution in [0.3, 0.4) is 0 Å². The van der Waals surface area contributed by atoms with Crippen molar-refractivity contribution < 1.29 is 4.79 Å². The van der Waals surface area contributed by atoms with E-state index in [1.54, 1.807) is 0 Å². The first-order chi connectivity index (χ1) is 8.09. The molecule has 0 unspecified atom stereocenters. The van der Waals surface area contributed by atoms with Crippen molar-refractivity contribution in [3.63, 3.8) is 0 Å². The highest BCUT2D eigenvalue weighted by molar-refractivity contribution is 6.29. The number of nitrogens with one attached hydrogen (secondary N) is 1. The number of aromatic nitrogens is 2. The second kappa shape index (κ2) is 7.19. The van der Waals surface area contributed by atoms with Crippen LogP contribution in [0.15, 0.2) is 12.4 Å². The van der Waals surface area contributed by atoms with E-state index in [2.05, 4.69) is 20.2 Å². The molecule has 1 amide bonds. The van der Waals surface area contributed by atoms with Crippen LogP contribution in [0.4, 0.5) is 0 Å². The molecule has 5 nitrogen and oxygen atoms in total. The second-order valence-electron chi connectivity index (χ2n) is 3.99. The molecule has 0 radical (unpaired) electrons. The molecule has 17 heavy (non-hydrogen) atoms. The summed E-state index contributed by atoms with van der Waals surface area (Å²) in [4.78, 5) is 21.4. The van der Waals surface area contributed by atoms with E-state index in [0.29, 0.717) is 6.54 Å². The van der Waals surface area contributed by atoms with Gasteiger partial charge in [0.1, 0.15) is 10.8 Å². The standard InChI is InChI=1S/C11H17ClN4O/c1-16(2)6-4-3-5-14-11(17)9-7-13-8-10(12)15-9/h7-8H,3-6H2,1-2H3,(H,14,17). The number of carbonyl (C=O) groups is 1. The normalized spacial score (nSPS) is 10.6. The summed E-state index contributed by atoms with van der Waals surface area (Å²) in [5.41, 5.74) is 0.255. The first-order valence-corrected chi connectivity index (χ1v) is 5.88. The van der Waals surface area contributed by atoms with E-state index in [-0.39, 0.29) is 16.8 Å². The number of carbonyl (C=O) groups excluding carboxylic acids is 1. The molecule has 0 saturated carbocycles. The third-order valence-corrected chi connectivity index (χ3v) is 2.34. The molecule has 0 aliphatic rings. The van der Waals surface area contributed by atoms with Gasteiger partial charge in [-0.2, -0.15) is 0 Å². The van der Waals surface area contributed by atoms with Crippen LogP contribution in [0.2, 0.25) is 5.15 Å². The molecular weight excluding hydrogens is 240 g/mol. The van der Waals surface area contributed by atoms with Gasteiger partial charge in [-0.05, 0) is 33.5 Å². The fraction of sp³-hybridized carbons (Fsp3) is 0.545. The van der Waals surface area contributed by atoms with Gasteiger partial charge in [0.15, 0.2) is 0 Å². The van der Waals surface area contributed by atoms with Gasteiger partial charge in [-0.25, -0.2) is 4.98 Å². The van der Waals surface area contributed by atoms with Crippen LogP contribution in [-0.2, 0) is 0 Å². The maximum absolute atomic E-state index is 11.6. The maximum Gasteiger partial charge on any atom is 0.271 e. The van der Waals surface area contributed by atoms with Gasteiger partial charge in [0.05, 0.1) is 12.4 Å². The molecule has 0 aliphatic heterocycles. The van der Waals surface area contributed by atoms with Crippen LogP contribution < -0.4 is 5.32 Å². The first kappa shape index (κ1) is 13.9. The Bertz CT molecular complexity index is 370. The minimum absolute atomic E-state index is 0.227. The van der Waals surface area contributed by atoms with Crippen molar-refractivity contribution in [1.82, 2.24) is 20.2 Å². The number of nitrogens with zero attached hydrogens (tertiary/aromatic N) is 3. The molecule has 0 saturated heterocycles. The van der Waals surface area contributed by atoms with Gasteiger partial charge < -0.3 is 10.2 Å². The summed E-state index contributed by atoms with van der Waals surface area (Å²) in [5, 5.41) is 3.01. The molecule has 0 aliphatic carbocycles. The summed E-state index contributed by atoms with van der Waals surface area (Å²) in [6.45, 7) is 1.66. The summed E-state index contributed by atoms with van der Waals surface area (Å²) in [7, 11) is 4.06. The van der Waals surface area contributed by atoms with Crippen molar-refractivity contribution in [2.75, 3.05) is 27.2 Å².